The van der Waals surface area contributed by atoms with Gasteiger partial charge in [-0.1, -0.05) is 30.3 Å². The molecular weight excluding hydrogens is 298 g/mol. The molecule has 1 aliphatic rings. The van der Waals surface area contributed by atoms with Crippen molar-refractivity contribution in [1.29, 1.82) is 0 Å². The Bertz CT molecular complexity index is 722. The highest BCUT2D eigenvalue weighted by molar-refractivity contribution is 5.82. The second-order valence-corrected chi connectivity index (χ2v) is 5.68. The van der Waals surface area contributed by atoms with E-state index >= 15 is 0 Å². The van der Waals surface area contributed by atoms with Crippen molar-refractivity contribution in [3.05, 3.63) is 83.4 Å². The Hall–Kier alpha value is -2.49. The summed E-state index contributed by atoms with van der Waals surface area (Å²) in [5.41, 5.74) is 1.06. The molecule has 2 nitrogen and oxygen atoms in total. The first-order valence-electron chi connectivity index (χ1n) is 7.34. The molecule has 118 valence electrons. The van der Waals surface area contributed by atoms with E-state index in [0.29, 0.717) is 6.42 Å². The highest BCUT2D eigenvalue weighted by atomic mass is 19.1. The van der Waals surface area contributed by atoms with Gasteiger partial charge in [-0.25, -0.2) is 13.6 Å². The van der Waals surface area contributed by atoms with Crippen molar-refractivity contribution in [1.82, 2.24) is 0 Å². The lowest BCUT2D eigenvalue weighted by Crippen LogP contribution is -2.12. The number of halogens is 2. The molecule has 1 aliphatic carbocycles. The number of benzene rings is 2. The number of ether oxygens (including phenoxy) is 1. The lowest BCUT2D eigenvalue weighted by Gasteiger charge is -2.18. The van der Waals surface area contributed by atoms with Crippen LogP contribution in [0.3, 0.4) is 0 Å². The van der Waals surface area contributed by atoms with E-state index < -0.39 is 11.4 Å². The number of hydrogen-bond donors (Lipinski definition) is 0. The van der Waals surface area contributed by atoms with E-state index in [-0.39, 0.29) is 17.6 Å². The smallest absolute Gasteiger partial charge is 0.330 e. The number of carbonyl (C=O) groups excluding carboxylic acids is 1. The van der Waals surface area contributed by atoms with Crippen molar-refractivity contribution in [2.75, 3.05) is 7.11 Å². The molecule has 0 radical (unpaired) electrons. The lowest BCUT2D eigenvalue weighted by atomic mass is 9.85. The highest BCUT2D eigenvalue weighted by Gasteiger charge is 2.55. The summed E-state index contributed by atoms with van der Waals surface area (Å²) < 4.78 is 31.9. The largest absolute Gasteiger partial charge is 0.466 e. The Morgan fingerprint density at radius 1 is 1.13 bits per heavy atom. The summed E-state index contributed by atoms with van der Waals surface area (Å²) in [7, 11) is 1.31. The van der Waals surface area contributed by atoms with Crippen molar-refractivity contribution in [2.45, 2.75) is 11.8 Å². The maximum absolute atomic E-state index is 13.6. The van der Waals surface area contributed by atoms with Crippen LogP contribution in [0.4, 0.5) is 8.78 Å². The zero-order valence-electron chi connectivity index (χ0n) is 12.6. The van der Waals surface area contributed by atoms with Gasteiger partial charge in [-0.3, -0.25) is 0 Å². The van der Waals surface area contributed by atoms with Gasteiger partial charge in [0.05, 0.1) is 7.11 Å². The average molecular weight is 314 g/mol. The molecular formula is C19H16F2O2. The maximum atomic E-state index is 13.6. The van der Waals surface area contributed by atoms with E-state index in [9.17, 15) is 13.6 Å². The number of esters is 1. The topological polar surface area (TPSA) is 26.3 Å². The van der Waals surface area contributed by atoms with E-state index in [2.05, 4.69) is 4.74 Å². The molecule has 23 heavy (non-hydrogen) atoms. The quantitative estimate of drug-likeness (QED) is 0.630. The third kappa shape index (κ3) is 2.89. The van der Waals surface area contributed by atoms with Crippen LogP contribution in [0, 0.1) is 17.6 Å². The van der Waals surface area contributed by atoms with Gasteiger partial charge in [-0.15, -0.1) is 0 Å². The molecule has 0 amide bonds. The van der Waals surface area contributed by atoms with Crippen molar-refractivity contribution in [3.63, 3.8) is 0 Å². The van der Waals surface area contributed by atoms with Gasteiger partial charge in [0.25, 0.3) is 0 Å². The second-order valence-electron chi connectivity index (χ2n) is 5.68. The Labute approximate surface area is 133 Å². The predicted octanol–water partition coefficient (Wildman–Crippen LogP) is 4.00. The first kappa shape index (κ1) is 15.4. The van der Waals surface area contributed by atoms with Crippen LogP contribution < -0.4 is 0 Å². The van der Waals surface area contributed by atoms with E-state index in [1.807, 2.05) is 12.1 Å². The second kappa shape index (κ2) is 5.95. The first-order valence-corrected chi connectivity index (χ1v) is 7.34. The number of allylic oxidation sites excluding steroid dienone is 1. The van der Waals surface area contributed by atoms with Gasteiger partial charge in [-0.05, 0) is 47.7 Å². The van der Waals surface area contributed by atoms with Crippen molar-refractivity contribution >= 4 is 5.97 Å². The normalized spacial score (nSPS) is 18.8. The molecule has 2 aromatic carbocycles. The van der Waals surface area contributed by atoms with Crippen LogP contribution in [-0.2, 0) is 14.9 Å². The van der Waals surface area contributed by atoms with E-state index in [1.165, 1.54) is 37.5 Å². The summed E-state index contributed by atoms with van der Waals surface area (Å²) in [6, 6.07) is 12.7. The maximum Gasteiger partial charge on any atom is 0.330 e. The summed E-state index contributed by atoms with van der Waals surface area (Å²) in [4.78, 5) is 11.3. The number of rotatable bonds is 4. The number of methoxy groups -OCH3 is 1. The lowest BCUT2D eigenvalue weighted by molar-refractivity contribution is -0.134. The minimum absolute atomic E-state index is 0.00907. The van der Waals surface area contributed by atoms with E-state index in [0.717, 1.165) is 11.1 Å². The molecule has 1 atom stereocenters. The van der Waals surface area contributed by atoms with Crippen LogP contribution >= 0.6 is 0 Å². The summed E-state index contributed by atoms with van der Waals surface area (Å²) >= 11 is 0. The molecule has 1 saturated carbocycles. The van der Waals surface area contributed by atoms with Gasteiger partial charge in [0.15, 0.2) is 0 Å². The van der Waals surface area contributed by atoms with E-state index in [1.54, 1.807) is 18.2 Å². The van der Waals surface area contributed by atoms with Crippen LogP contribution in [0.25, 0.3) is 0 Å². The fourth-order valence-electron chi connectivity index (χ4n) is 3.15. The molecule has 0 N–H and O–H groups in total. The minimum atomic E-state index is -0.505. The van der Waals surface area contributed by atoms with Gasteiger partial charge < -0.3 is 4.74 Å². The van der Waals surface area contributed by atoms with Crippen LogP contribution in [0.15, 0.2) is 60.7 Å². The molecule has 0 bridgehead atoms. The molecule has 4 heteroatoms. The fourth-order valence-corrected chi connectivity index (χ4v) is 3.15. The Balaban J connectivity index is 2.03. The highest BCUT2D eigenvalue weighted by Crippen LogP contribution is 2.59. The zero-order chi connectivity index (χ0) is 16.4. The SMILES string of the molecule is COC(=O)C=C[C@H]1CC1(c1cccc(F)c1)c1cccc(F)c1. The molecule has 0 spiro atoms. The first-order chi connectivity index (χ1) is 11.1. The van der Waals surface area contributed by atoms with Crippen LogP contribution in [0.5, 0.6) is 0 Å². The summed E-state index contributed by atoms with van der Waals surface area (Å²) in [6.45, 7) is 0. The predicted molar refractivity (Wildman–Crippen MR) is 82.8 cm³/mol. The van der Waals surface area contributed by atoms with Crippen LogP contribution in [0.1, 0.15) is 17.5 Å². The third-order valence-corrected chi connectivity index (χ3v) is 4.36. The van der Waals surface area contributed by atoms with Crippen molar-refractivity contribution in [3.8, 4) is 0 Å². The summed E-state index contributed by atoms with van der Waals surface area (Å²) in [5, 5.41) is 0. The molecule has 0 aliphatic heterocycles. The van der Waals surface area contributed by atoms with Gasteiger partial charge in [0.2, 0.25) is 0 Å². The molecule has 3 rings (SSSR count). The van der Waals surface area contributed by atoms with Crippen molar-refractivity contribution in [2.24, 2.45) is 5.92 Å². The number of carbonyl (C=O) groups is 1. The fraction of sp³-hybridized carbons (Fsp3) is 0.211. The zero-order valence-corrected chi connectivity index (χ0v) is 12.6. The van der Waals surface area contributed by atoms with Gasteiger partial charge in [0.1, 0.15) is 11.6 Å². The molecule has 0 heterocycles. The van der Waals surface area contributed by atoms with Gasteiger partial charge in [0, 0.05) is 11.5 Å². The summed E-state index contributed by atoms with van der Waals surface area (Å²) in [5.74, 6) is -1.11. The molecule has 0 saturated heterocycles. The minimum Gasteiger partial charge on any atom is -0.466 e. The van der Waals surface area contributed by atoms with Crippen molar-refractivity contribution < 1.29 is 18.3 Å². The van der Waals surface area contributed by atoms with Crippen LogP contribution in [-0.4, -0.2) is 13.1 Å². The average Bonchev–Trinajstić information content (AvgIpc) is 3.28. The van der Waals surface area contributed by atoms with Gasteiger partial charge >= 0.3 is 5.97 Å². The monoisotopic (exact) mass is 314 g/mol. The molecule has 1 fully saturated rings. The molecule has 0 unspecified atom stereocenters. The Kier molecular flexibility index (Phi) is 3.99. The standard InChI is InChI=1S/C19H16F2O2/c1-23-18(22)9-8-15-12-19(15,13-4-2-6-16(20)10-13)14-5-3-7-17(21)11-14/h2-11,15H,12H2,1H3/t15-/m0/s1. The summed E-state index contributed by atoms with van der Waals surface area (Å²) in [6.07, 6.45) is 3.81. The Morgan fingerprint density at radius 3 is 2.17 bits per heavy atom. The molecule has 2 aromatic rings. The van der Waals surface area contributed by atoms with E-state index in [4.69, 9.17) is 0 Å². The third-order valence-electron chi connectivity index (χ3n) is 4.36. The molecule has 0 aromatic heterocycles. The van der Waals surface area contributed by atoms with Crippen LogP contribution in [0.2, 0.25) is 0 Å². The van der Waals surface area contributed by atoms with Gasteiger partial charge in [-0.2, -0.15) is 0 Å². The number of hydrogen-bond acceptors (Lipinski definition) is 2. The Morgan fingerprint density at radius 2 is 1.70 bits per heavy atom.